The van der Waals surface area contributed by atoms with Crippen LogP contribution in [0.2, 0.25) is 0 Å². The highest BCUT2D eigenvalue weighted by molar-refractivity contribution is 5.73. The van der Waals surface area contributed by atoms with E-state index in [-0.39, 0.29) is 19.6 Å². The first-order chi connectivity index (χ1) is 10.7. The molecule has 0 spiro atoms. The number of nitrogens with two attached hydrogens (primary N) is 2. The van der Waals surface area contributed by atoms with E-state index in [2.05, 4.69) is 11.1 Å². The summed E-state index contributed by atoms with van der Waals surface area (Å²) in [5, 5.41) is 43.3. The molecule has 0 rings (SSSR count). The van der Waals surface area contributed by atoms with Crippen LogP contribution in [0.25, 0.3) is 0 Å². The Morgan fingerprint density at radius 2 is 1.57 bits per heavy atom. The van der Waals surface area contributed by atoms with Crippen LogP contribution in [0, 0.1) is 0 Å². The van der Waals surface area contributed by atoms with Crippen molar-refractivity contribution in [2.45, 2.75) is 31.8 Å². The Hall–Kier alpha value is -1.79. The third kappa shape index (κ3) is 22.6. The molecule has 0 saturated carbocycles. The van der Waals surface area contributed by atoms with Crippen LogP contribution in [0.5, 0.6) is 0 Å². The minimum atomic E-state index is -1.18. The highest BCUT2D eigenvalue weighted by Gasteiger charge is 2.14. The van der Waals surface area contributed by atoms with Crippen molar-refractivity contribution in [3.8, 4) is 0 Å². The van der Waals surface area contributed by atoms with E-state index in [1.54, 1.807) is 0 Å². The Balaban J connectivity index is -0.000000286. The molecule has 23 heavy (non-hydrogen) atoms. The number of hydrogen-bond donors (Lipinski definition) is 8. The zero-order valence-corrected chi connectivity index (χ0v) is 13.0. The smallest absolute Gasteiger partial charge is 0.322 e. The minimum Gasteiger partial charge on any atom is -0.480 e. The Labute approximate surface area is 133 Å². The lowest BCUT2D eigenvalue weighted by Crippen LogP contribution is -2.37. The van der Waals surface area contributed by atoms with Crippen LogP contribution >= 0.6 is 0 Å². The van der Waals surface area contributed by atoms with Gasteiger partial charge in [-0.3, -0.25) is 14.4 Å². The van der Waals surface area contributed by atoms with Gasteiger partial charge in [-0.05, 0) is 19.4 Å². The molecule has 138 valence electrons. The summed E-state index contributed by atoms with van der Waals surface area (Å²) in [4.78, 5) is 29.3. The van der Waals surface area contributed by atoms with E-state index in [0.717, 1.165) is 6.42 Å². The second-order valence-electron chi connectivity index (χ2n) is 4.08. The molecule has 10 N–H and O–H groups in total. The zero-order chi connectivity index (χ0) is 18.8. The van der Waals surface area contributed by atoms with Gasteiger partial charge in [0, 0.05) is 6.61 Å². The van der Waals surface area contributed by atoms with Gasteiger partial charge in [0.15, 0.2) is 0 Å². The van der Waals surface area contributed by atoms with E-state index in [9.17, 15) is 14.4 Å². The van der Waals surface area contributed by atoms with E-state index in [1.165, 1.54) is 0 Å². The maximum atomic E-state index is 10.4. The molecule has 0 radical (unpaired) electrons. The van der Waals surface area contributed by atoms with Gasteiger partial charge in [0.25, 0.3) is 0 Å². The Bertz CT molecular complexity index is 327. The minimum absolute atomic E-state index is 0.0896. The van der Waals surface area contributed by atoms with Crippen molar-refractivity contribution in [2.75, 3.05) is 26.3 Å². The first-order valence-electron chi connectivity index (χ1n) is 6.75. The maximum absolute atomic E-state index is 10.4. The Kier molecular flexibility index (Phi) is 20.7. The fourth-order valence-electron chi connectivity index (χ4n) is 0.839. The van der Waals surface area contributed by atoms with E-state index in [4.69, 9.17) is 31.3 Å². The molecule has 0 fully saturated rings. The lowest BCUT2D eigenvalue weighted by atomic mass is 10.2. The summed E-state index contributed by atoms with van der Waals surface area (Å²) in [7, 11) is 0. The molecule has 0 aliphatic heterocycles. The summed E-state index contributed by atoms with van der Waals surface area (Å²) in [5.41, 5.74) is 9.34. The molecule has 2 atom stereocenters. The molecule has 0 heterocycles. The molecule has 11 heteroatoms. The molecule has 0 aromatic heterocycles. The average molecular weight is 341 g/mol. The highest BCUT2D eigenvalue weighted by Crippen LogP contribution is 1.90. The quantitative estimate of drug-likeness (QED) is 0.215. The van der Waals surface area contributed by atoms with E-state index >= 15 is 0 Å². The third-order valence-electron chi connectivity index (χ3n) is 2.05. The average Bonchev–Trinajstić information content (AvgIpc) is 2.51. The van der Waals surface area contributed by atoms with E-state index < -0.39 is 36.6 Å². The van der Waals surface area contributed by atoms with Crippen molar-refractivity contribution in [3.63, 3.8) is 0 Å². The fourth-order valence-corrected chi connectivity index (χ4v) is 0.839. The van der Waals surface area contributed by atoms with Gasteiger partial charge in [-0.25, -0.2) is 0 Å². The van der Waals surface area contributed by atoms with Crippen molar-refractivity contribution in [2.24, 2.45) is 11.5 Å². The molecule has 0 saturated heterocycles. The molecule has 0 aliphatic carbocycles. The van der Waals surface area contributed by atoms with E-state index in [0.29, 0.717) is 6.54 Å². The van der Waals surface area contributed by atoms with Gasteiger partial charge >= 0.3 is 17.9 Å². The third-order valence-corrected chi connectivity index (χ3v) is 2.05. The van der Waals surface area contributed by atoms with Crippen molar-refractivity contribution >= 4 is 17.9 Å². The number of carbonyl (C=O) groups is 3. The summed E-state index contributed by atoms with van der Waals surface area (Å²) >= 11 is 0. The molecule has 2 unspecified atom stereocenters. The molecule has 0 amide bonds. The van der Waals surface area contributed by atoms with Crippen molar-refractivity contribution < 1.29 is 39.9 Å². The van der Waals surface area contributed by atoms with Gasteiger partial charge in [-0.2, -0.15) is 0 Å². The first-order valence-corrected chi connectivity index (χ1v) is 6.75. The van der Waals surface area contributed by atoms with Crippen LogP contribution < -0.4 is 16.8 Å². The van der Waals surface area contributed by atoms with Crippen LogP contribution in [-0.2, 0) is 14.4 Å². The molecule has 0 aliphatic rings. The summed E-state index contributed by atoms with van der Waals surface area (Å²) in [6, 6.07) is -1.72. The normalized spacial score (nSPS) is 11.9. The van der Waals surface area contributed by atoms with Gasteiger partial charge < -0.3 is 42.3 Å². The number of aliphatic hydroxyl groups is 2. The van der Waals surface area contributed by atoms with Crippen LogP contribution in [0.4, 0.5) is 0 Å². The van der Waals surface area contributed by atoms with Crippen LogP contribution in [0.1, 0.15) is 19.8 Å². The van der Waals surface area contributed by atoms with Gasteiger partial charge in [0.1, 0.15) is 12.1 Å². The fraction of sp³-hybridized carbons (Fsp3) is 0.750. The second-order valence-corrected chi connectivity index (χ2v) is 4.08. The molecular formula is C12H27N3O8. The van der Waals surface area contributed by atoms with Gasteiger partial charge in [0.05, 0.1) is 13.2 Å². The topological polar surface area (TPSA) is 216 Å². The van der Waals surface area contributed by atoms with Crippen LogP contribution in [0.15, 0.2) is 0 Å². The number of carboxylic acids is 3. The predicted molar refractivity (Wildman–Crippen MR) is 80.8 cm³/mol. The number of nitrogens with one attached hydrogen (secondary N) is 1. The summed E-state index contributed by atoms with van der Waals surface area (Å²) < 4.78 is 0. The van der Waals surface area contributed by atoms with Crippen molar-refractivity contribution in [1.29, 1.82) is 0 Å². The summed E-state index contributed by atoms with van der Waals surface area (Å²) in [6.45, 7) is 1.77. The van der Waals surface area contributed by atoms with Gasteiger partial charge in [-0.15, -0.1) is 0 Å². The number of rotatable bonds is 9. The van der Waals surface area contributed by atoms with Gasteiger partial charge in [0.2, 0.25) is 0 Å². The Morgan fingerprint density at radius 1 is 1.09 bits per heavy atom. The van der Waals surface area contributed by atoms with E-state index in [1.807, 2.05) is 6.92 Å². The van der Waals surface area contributed by atoms with Crippen molar-refractivity contribution in [3.05, 3.63) is 0 Å². The molecule has 0 aromatic carbocycles. The highest BCUT2D eigenvalue weighted by atomic mass is 16.4. The first kappa shape index (κ1) is 26.1. The lowest BCUT2D eigenvalue weighted by molar-refractivity contribution is -0.140. The standard InChI is InChI=1S/C7H15NO3.C3H7NO3.C2H5NO2/c1-2-4-8-6(3-5-9)7(10)11;4-2(1-5)3(6)7;3-1-2(4)5/h6,8-9H,2-5H2,1H3,(H,10,11);2,5H,1,4H2,(H,6,7);1,3H2,(H,4,5). The number of aliphatic hydroxyl groups excluding tert-OH is 2. The largest absolute Gasteiger partial charge is 0.480 e. The second kappa shape index (κ2) is 18.3. The zero-order valence-electron chi connectivity index (χ0n) is 13.0. The molecule has 11 nitrogen and oxygen atoms in total. The number of hydrogen-bond acceptors (Lipinski definition) is 8. The van der Waals surface area contributed by atoms with Crippen molar-refractivity contribution in [1.82, 2.24) is 5.32 Å². The Morgan fingerprint density at radius 3 is 1.74 bits per heavy atom. The van der Waals surface area contributed by atoms with Crippen LogP contribution in [0.3, 0.4) is 0 Å². The summed E-state index contributed by atoms with van der Waals surface area (Å²) in [5.74, 6) is -3.04. The number of carboxylic acid groups (broad SMARTS) is 3. The summed E-state index contributed by atoms with van der Waals surface area (Å²) in [6.07, 6.45) is 1.17. The van der Waals surface area contributed by atoms with Gasteiger partial charge in [-0.1, -0.05) is 6.92 Å². The molecular weight excluding hydrogens is 314 g/mol. The maximum Gasteiger partial charge on any atom is 0.322 e. The predicted octanol–water partition coefficient (Wildman–Crippen LogP) is -2.76. The SMILES string of the molecule is CCCNC(CCO)C(=O)O.NC(CO)C(=O)O.NCC(=O)O. The van der Waals surface area contributed by atoms with Crippen LogP contribution in [-0.4, -0.2) is 81.8 Å². The monoisotopic (exact) mass is 341 g/mol. The lowest BCUT2D eigenvalue weighted by Gasteiger charge is -2.11. The number of aliphatic carboxylic acids is 3. The molecule has 0 bridgehead atoms. The molecule has 0 aromatic rings.